The van der Waals surface area contributed by atoms with Crippen molar-refractivity contribution in [2.24, 2.45) is 7.05 Å². The zero-order valence-electron chi connectivity index (χ0n) is 6.60. The van der Waals surface area contributed by atoms with Gasteiger partial charge in [0.2, 0.25) is 0 Å². The maximum Gasteiger partial charge on any atom is 0.310 e. The highest BCUT2D eigenvalue weighted by molar-refractivity contribution is 5.32. The maximum absolute atomic E-state index is 10.4. The summed E-state index contributed by atoms with van der Waals surface area (Å²) in [5, 5.41) is 22.8. The molecule has 1 heterocycles. The average Bonchev–Trinajstić information content (AvgIpc) is 2.32. The van der Waals surface area contributed by atoms with Gasteiger partial charge in [0, 0.05) is 20.1 Å². The van der Waals surface area contributed by atoms with Crippen LogP contribution in [0.5, 0.6) is 0 Å². The lowest BCUT2D eigenvalue weighted by Gasteiger charge is -1.89. The number of rotatable bonds is 3. The summed E-state index contributed by atoms with van der Waals surface area (Å²) >= 11 is 0. The number of nitrogens with zero attached hydrogens (tertiary/aromatic N) is 3. The molecule has 0 amide bonds. The summed E-state index contributed by atoms with van der Waals surface area (Å²) in [5.41, 5.74) is 0.288. The molecule has 1 aromatic rings. The van der Waals surface area contributed by atoms with Crippen LogP contribution in [0.3, 0.4) is 0 Å². The molecule has 1 aromatic heterocycles. The van der Waals surface area contributed by atoms with E-state index in [0.29, 0.717) is 5.69 Å². The van der Waals surface area contributed by atoms with Gasteiger partial charge in [0.25, 0.3) is 0 Å². The van der Waals surface area contributed by atoms with Crippen molar-refractivity contribution in [1.82, 2.24) is 9.78 Å². The number of nitro groups is 1. The van der Waals surface area contributed by atoms with Crippen LogP contribution in [-0.2, 0) is 13.5 Å². The predicted molar refractivity (Wildman–Crippen MR) is 40.7 cm³/mol. The first kappa shape index (κ1) is 8.66. The first-order valence-electron chi connectivity index (χ1n) is 3.43. The van der Waals surface area contributed by atoms with Crippen LogP contribution >= 0.6 is 0 Å². The third-order valence-corrected chi connectivity index (χ3v) is 1.43. The number of aromatic nitrogens is 2. The van der Waals surface area contributed by atoms with Crippen LogP contribution in [0, 0.1) is 10.1 Å². The van der Waals surface area contributed by atoms with Crippen molar-refractivity contribution in [1.29, 1.82) is 0 Å². The van der Waals surface area contributed by atoms with Crippen molar-refractivity contribution in [2.45, 2.75) is 6.42 Å². The molecule has 6 nitrogen and oxygen atoms in total. The third-order valence-electron chi connectivity index (χ3n) is 1.43. The van der Waals surface area contributed by atoms with Crippen molar-refractivity contribution in [3.8, 4) is 0 Å². The first-order valence-corrected chi connectivity index (χ1v) is 3.43. The molecule has 0 aromatic carbocycles. The molecule has 0 aliphatic rings. The van der Waals surface area contributed by atoms with Crippen LogP contribution in [0.1, 0.15) is 5.69 Å². The summed E-state index contributed by atoms with van der Waals surface area (Å²) in [5.74, 6) is 0. The Labute approximate surface area is 68.6 Å². The Morgan fingerprint density at radius 3 is 3.00 bits per heavy atom. The fraction of sp³-hybridized carbons (Fsp3) is 0.500. The fourth-order valence-electron chi connectivity index (χ4n) is 0.958. The predicted octanol–water partition coefficient (Wildman–Crippen LogP) is -0.137. The van der Waals surface area contributed by atoms with E-state index in [1.165, 1.54) is 10.9 Å². The topological polar surface area (TPSA) is 81.2 Å². The smallest absolute Gasteiger partial charge is 0.310 e. The molecule has 0 bridgehead atoms. The Kier molecular flexibility index (Phi) is 2.39. The SMILES string of the molecule is Cn1cc([N+](=O)[O-])c(CCO)n1. The molecule has 0 spiro atoms. The fourth-order valence-corrected chi connectivity index (χ4v) is 0.958. The number of aryl methyl sites for hydroxylation is 1. The lowest BCUT2D eigenvalue weighted by Crippen LogP contribution is -1.97. The van der Waals surface area contributed by atoms with Crippen molar-refractivity contribution in [2.75, 3.05) is 6.61 Å². The van der Waals surface area contributed by atoms with Crippen molar-refractivity contribution in [3.05, 3.63) is 22.0 Å². The maximum atomic E-state index is 10.4. The molecule has 0 atom stereocenters. The molecule has 66 valence electrons. The Morgan fingerprint density at radius 2 is 2.50 bits per heavy atom. The highest BCUT2D eigenvalue weighted by atomic mass is 16.6. The average molecular weight is 171 g/mol. The molecule has 12 heavy (non-hydrogen) atoms. The van der Waals surface area contributed by atoms with E-state index in [9.17, 15) is 10.1 Å². The molecular formula is C6H9N3O3. The minimum Gasteiger partial charge on any atom is -0.396 e. The summed E-state index contributed by atoms with van der Waals surface area (Å²) in [7, 11) is 1.61. The summed E-state index contributed by atoms with van der Waals surface area (Å²) in [6.45, 7) is -0.127. The van der Waals surface area contributed by atoms with Gasteiger partial charge in [-0.15, -0.1) is 0 Å². The van der Waals surface area contributed by atoms with E-state index in [0.717, 1.165) is 0 Å². The molecule has 6 heteroatoms. The molecule has 1 rings (SSSR count). The van der Waals surface area contributed by atoms with Gasteiger partial charge in [0.15, 0.2) is 0 Å². The van der Waals surface area contributed by atoms with Crippen LogP contribution in [-0.4, -0.2) is 26.4 Å². The van der Waals surface area contributed by atoms with Gasteiger partial charge in [-0.25, -0.2) is 0 Å². The molecule has 0 saturated heterocycles. The van der Waals surface area contributed by atoms with Gasteiger partial charge < -0.3 is 5.11 Å². The molecule has 1 N–H and O–H groups in total. The minimum atomic E-state index is -0.502. The number of aliphatic hydroxyl groups excluding tert-OH is 1. The highest BCUT2D eigenvalue weighted by Gasteiger charge is 2.16. The zero-order chi connectivity index (χ0) is 9.14. The van der Waals surface area contributed by atoms with E-state index in [1.54, 1.807) is 7.05 Å². The minimum absolute atomic E-state index is 0.0356. The van der Waals surface area contributed by atoms with Gasteiger partial charge in [-0.2, -0.15) is 5.10 Å². The Morgan fingerprint density at radius 1 is 1.83 bits per heavy atom. The van der Waals surface area contributed by atoms with E-state index >= 15 is 0 Å². The van der Waals surface area contributed by atoms with Gasteiger partial charge in [-0.1, -0.05) is 0 Å². The normalized spacial score (nSPS) is 10.2. The summed E-state index contributed by atoms with van der Waals surface area (Å²) < 4.78 is 1.36. The van der Waals surface area contributed by atoms with Crippen LogP contribution in [0.15, 0.2) is 6.20 Å². The molecular weight excluding hydrogens is 162 g/mol. The van der Waals surface area contributed by atoms with Gasteiger partial charge in [0.05, 0.1) is 4.92 Å². The second kappa shape index (κ2) is 3.31. The lowest BCUT2D eigenvalue weighted by molar-refractivity contribution is -0.385. The third kappa shape index (κ3) is 1.59. The van der Waals surface area contributed by atoms with Crippen molar-refractivity contribution < 1.29 is 10.0 Å². The second-order valence-electron chi connectivity index (χ2n) is 2.37. The molecule has 0 aliphatic carbocycles. The summed E-state index contributed by atoms with van der Waals surface area (Å²) in [4.78, 5) is 9.88. The van der Waals surface area contributed by atoms with Crippen LogP contribution in [0.4, 0.5) is 5.69 Å². The zero-order valence-corrected chi connectivity index (χ0v) is 6.60. The molecule has 0 saturated carbocycles. The number of hydrogen-bond acceptors (Lipinski definition) is 4. The molecule has 0 radical (unpaired) electrons. The monoisotopic (exact) mass is 171 g/mol. The summed E-state index contributed by atoms with van der Waals surface area (Å²) in [6, 6.07) is 0. The highest BCUT2D eigenvalue weighted by Crippen LogP contribution is 2.15. The second-order valence-corrected chi connectivity index (χ2v) is 2.37. The van der Waals surface area contributed by atoms with E-state index < -0.39 is 4.92 Å². The Balaban J connectivity index is 2.99. The Hall–Kier alpha value is -1.43. The van der Waals surface area contributed by atoms with E-state index in [2.05, 4.69) is 5.10 Å². The largest absolute Gasteiger partial charge is 0.396 e. The first-order chi connectivity index (χ1) is 5.65. The number of aliphatic hydroxyl groups is 1. The lowest BCUT2D eigenvalue weighted by atomic mass is 10.3. The quantitative estimate of drug-likeness (QED) is 0.507. The van der Waals surface area contributed by atoms with Gasteiger partial charge in [-0.05, 0) is 0 Å². The van der Waals surface area contributed by atoms with E-state index in [1.807, 2.05) is 0 Å². The standard InChI is InChI=1S/C6H9N3O3/c1-8-4-6(9(11)12)5(7-8)2-3-10/h4,10H,2-3H2,1H3. The van der Waals surface area contributed by atoms with Crippen molar-refractivity contribution >= 4 is 5.69 Å². The number of hydrogen-bond donors (Lipinski definition) is 1. The van der Waals surface area contributed by atoms with Gasteiger partial charge >= 0.3 is 5.69 Å². The van der Waals surface area contributed by atoms with Crippen molar-refractivity contribution in [3.63, 3.8) is 0 Å². The molecule has 0 fully saturated rings. The molecule has 0 unspecified atom stereocenters. The summed E-state index contributed by atoms with van der Waals surface area (Å²) in [6.07, 6.45) is 1.54. The Bertz CT molecular complexity index is 294. The van der Waals surface area contributed by atoms with E-state index in [-0.39, 0.29) is 18.7 Å². The van der Waals surface area contributed by atoms with E-state index in [4.69, 9.17) is 5.11 Å². The van der Waals surface area contributed by atoms with Crippen LogP contribution < -0.4 is 0 Å². The van der Waals surface area contributed by atoms with Gasteiger partial charge in [-0.3, -0.25) is 14.8 Å². The molecule has 0 aliphatic heterocycles. The van der Waals surface area contributed by atoms with Crippen LogP contribution in [0.2, 0.25) is 0 Å². The van der Waals surface area contributed by atoms with Gasteiger partial charge in [0.1, 0.15) is 11.9 Å². The van der Waals surface area contributed by atoms with Crippen LogP contribution in [0.25, 0.3) is 0 Å².